The molecule has 118 valence electrons. The molecular weight excluding hydrogens is 250 g/mol. The van der Waals surface area contributed by atoms with Crippen LogP contribution in [0.25, 0.3) is 0 Å². The standard InChI is InChI=1S/C17H33NO2/c1-3-4-5-6-7-14(2)19-13-17-11-10-16(20-17)12-18-15-8-9-15/h14-18H,3-13H2,1-2H3. The van der Waals surface area contributed by atoms with Crippen LogP contribution in [0, 0.1) is 0 Å². The Morgan fingerprint density at radius 2 is 1.90 bits per heavy atom. The maximum atomic E-state index is 6.05. The molecule has 3 nitrogen and oxygen atoms in total. The predicted octanol–water partition coefficient (Wildman–Crippen LogP) is 3.66. The highest BCUT2D eigenvalue weighted by Crippen LogP contribution is 2.23. The van der Waals surface area contributed by atoms with E-state index in [1.165, 1.54) is 57.8 Å². The molecule has 1 saturated heterocycles. The molecule has 2 fully saturated rings. The molecule has 0 radical (unpaired) electrons. The Hall–Kier alpha value is -0.120. The Morgan fingerprint density at radius 1 is 1.10 bits per heavy atom. The van der Waals surface area contributed by atoms with Crippen molar-refractivity contribution in [3.63, 3.8) is 0 Å². The SMILES string of the molecule is CCCCCCC(C)OCC1CCC(CNC2CC2)O1. The highest BCUT2D eigenvalue weighted by Gasteiger charge is 2.28. The van der Waals surface area contributed by atoms with E-state index in [-0.39, 0.29) is 0 Å². The van der Waals surface area contributed by atoms with Gasteiger partial charge >= 0.3 is 0 Å². The van der Waals surface area contributed by atoms with Crippen LogP contribution >= 0.6 is 0 Å². The number of rotatable bonds is 11. The lowest BCUT2D eigenvalue weighted by atomic mass is 10.1. The Kier molecular flexibility index (Phi) is 7.32. The van der Waals surface area contributed by atoms with Gasteiger partial charge in [0.05, 0.1) is 24.9 Å². The molecule has 0 aromatic heterocycles. The molecule has 0 bridgehead atoms. The van der Waals surface area contributed by atoms with Gasteiger partial charge < -0.3 is 14.8 Å². The number of unbranched alkanes of at least 4 members (excludes halogenated alkanes) is 3. The third-order valence-corrected chi connectivity index (χ3v) is 4.44. The van der Waals surface area contributed by atoms with Gasteiger partial charge in [-0.2, -0.15) is 0 Å². The van der Waals surface area contributed by atoms with Gasteiger partial charge in [0.25, 0.3) is 0 Å². The molecule has 0 spiro atoms. The summed E-state index contributed by atoms with van der Waals surface area (Å²) in [7, 11) is 0. The summed E-state index contributed by atoms with van der Waals surface area (Å²) in [5.74, 6) is 0. The molecule has 1 saturated carbocycles. The fraction of sp³-hybridized carbons (Fsp3) is 1.00. The van der Waals surface area contributed by atoms with Crippen molar-refractivity contribution in [1.82, 2.24) is 5.32 Å². The maximum absolute atomic E-state index is 6.05. The summed E-state index contributed by atoms with van der Waals surface area (Å²) >= 11 is 0. The predicted molar refractivity (Wildman–Crippen MR) is 83.1 cm³/mol. The zero-order chi connectivity index (χ0) is 14.2. The third kappa shape index (κ3) is 6.55. The van der Waals surface area contributed by atoms with Crippen LogP contribution in [0.1, 0.15) is 71.6 Å². The van der Waals surface area contributed by atoms with Crippen LogP contribution in [0.2, 0.25) is 0 Å². The van der Waals surface area contributed by atoms with Crippen molar-refractivity contribution in [2.45, 2.75) is 96.0 Å². The molecule has 1 N–H and O–H groups in total. The smallest absolute Gasteiger partial charge is 0.0814 e. The average molecular weight is 283 g/mol. The molecule has 1 aliphatic heterocycles. The lowest BCUT2D eigenvalue weighted by Gasteiger charge is -2.18. The van der Waals surface area contributed by atoms with Crippen molar-refractivity contribution in [2.24, 2.45) is 0 Å². The van der Waals surface area contributed by atoms with Crippen molar-refractivity contribution in [2.75, 3.05) is 13.2 Å². The van der Waals surface area contributed by atoms with E-state index in [9.17, 15) is 0 Å². The third-order valence-electron chi connectivity index (χ3n) is 4.44. The van der Waals surface area contributed by atoms with E-state index in [1.807, 2.05) is 0 Å². The van der Waals surface area contributed by atoms with Crippen LogP contribution in [0.3, 0.4) is 0 Å². The van der Waals surface area contributed by atoms with Crippen molar-refractivity contribution in [1.29, 1.82) is 0 Å². The summed E-state index contributed by atoms with van der Waals surface area (Å²) in [5.41, 5.74) is 0. The summed E-state index contributed by atoms with van der Waals surface area (Å²) in [5, 5.41) is 3.56. The summed E-state index contributed by atoms with van der Waals surface area (Å²) < 4.78 is 12.0. The van der Waals surface area contributed by atoms with E-state index in [0.29, 0.717) is 18.3 Å². The highest BCUT2D eigenvalue weighted by molar-refractivity contribution is 4.84. The zero-order valence-electron chi connectivity index (χ0n) is 13.4. The first-order chi connectivity index (χ1) is 9.78. The zero-order valence-corrected chi connectivity index (χ0v) is 13.4. The first kappa shape index (κ1) is 16.3. The molecule has 3 unspecified atom stereocenters. The van der Waals surface area contributed by atoms with Gasteiger partial charge in [0, 0.05) is 12.6 Å². The minimum absolute atomic E-state index is 0.332. The molecule has 0 aromatic carbocycles. The Labute approximate surface area is 124 Å². The van der Waals surface area contributed by atoms with E-state index in [4.69, 9.17) is 9.47 Å². The molecule has 3 heteroatoms. The second-order valence-electron chi connectivity index (χ2n) is 6.63. The van der Waals surface area contributed by atoms with Crippen LogP contribution in [0.5, 0.6) is 0 Å². The molecule has 20 heavy (non-hydrogen) atoms. The summed E-state index contributed by atoms with van der Waals surface area (Å²) in [6, 6.07) is 0.789. The molecule has 2 rings (SSSR count). The van der Waals surface area contributed by atoms with E-state index in [0.717, 1.165) is 19.2 Å². The summed E-state index contributed by atoms with van der Waals surface area (Å²) in [4.78, 5) is 0. The van der Waals surface area contributed by atoms with E-state index in [2.05, 4.69) is 19.2 Å². The minimum atomic E-state index is 0.332. The maximum Gasteiger partial charge on any atom is 0.0814 e. The van der Waals surface area contributed by atoms with Gasteiger partial charge in [-0.25, -0.2) is 0 Å². The lowest BCUT2D eigenvalue weighted by molar-refractivity contribution is -0.0385. The fourth-order valence-corrected chi connectivity index (χ4v) is 2.85. The topological polar surface area (TPSA) is 30.5 Å². The first-order valence-corrected chi connectivity index (χ1v) is 8.78. The quantitative estimate of drug-likeness (QED) is 0.587. The number of hydrogen-bond donors (Lipinski definition) is 1. The Balaban J connectivity index is 1.46. The van der Waals surface area contributed by atoms with Crippen molar-refractivity contribution < 1.29 is 9.47 Å². The van der Waals surface area contributed by atoms with Crippen molar-refractivity contribution in [3.8, 4) is 0 Å². The molecule has 1 heterocycles. The van der Waals surface area contributed by atoms with Crippen molar-refractivity contribution in [3.05, 3.63) is 0 Å². The molecule has 2 aliphatic rings. The van der Waals surface area contributed by atoms with Crippen molar-refractivity contribution >= 4 is 0 Å². The molecule has 1 aliphatic carbocycles. The molecular formula is C17H33NO2. The van der Waals surface area contributed by atoms with E-state index >= 15 is 0 Å². The van der Waals surface area contributed by atoms with E-state index < -0.39 is 0 Å². The number of hydrogen-bond acceptors (Lipinski definition) is 3. The Morgan fingerprint density at radius 3 is 2.65 bits per heavy atom. The van der Waals surface area contributed by atoms with Gasteiger partial charge in [0.2, 0.25) is 0 Å². The highest BCUT2D eigenvalue weighted by atomic mass is 16.5. The van der Waals surface area contributed by atoms with E-state index in [1.54, 1.807) is 0 Å². The van der Waals surface area contributed by atoms with Gasteiger partial charge in [-0.15, -0.1) is 0 Å². The van der Waals surface area contributed by atoms with Gasteiger partial charge in [-0.05, 0) is 39.0 Å². The van der Waals surface area contributed by atoms with Crippen LogP contribution in [0.4, 0.5) is 0 Å². The number of nitrogens with one attached hydrogen (secondary N) is 1. The average Bonchev–Trinajstić information content (AvgIpc) is 3.17. The second kappa shape index (κ2) is 9.01. The normalized spacial score (nSPS) is 27.9. The van der Waals surface area contributed by atoms with Gasteiger partial charge in [-0.1, -0.05) is 32.6 Å². The molecule has 0 aromatic rings. The lowest BCUT2D eigenvalue weighted by Crippen LogP contribution is -2.29. The van der Waals surface area contributed by atoms with Gasteiger partial charge in [0.1, 0.15) is 0 Å². The monoisotopic (exact) mass is 283 g/mol. The first-order valence-electron chi connectivity index (χ1n) is 8.78. The summed E-state index contributed by atoms with van der Waals surface area (Å²) in [6.07, 6.45) is 12.7. The largest absolute Gasteiger partial charge is 0.376 e. The minimum Gasteiger partial charge on any atom is -0.376 e. The Bertz CT molecular complexity index is 255. The van der Waals surface area contributed by atoms with Crippen LogP contribution in [0.15, 0.2) is 0 Å². The van der Waals surface area contributed by atoms with Crippen LogP contribution < -0.4 is 5.32 Å². The van der Waals surface area contributed by atoms with Gasteiger partial charge in [-0.3, -0.25) is 0 Å². The molecule has 0 amide bonds. The number of ether oxygens (including phenoxy) is 2. The fourth-order valence-electron chi connectivity index (χ4n) is 2.85. The van der Waals surface area contributed by atoms with Crippen LogP contribution in [-0.2, 0) is 9.47 Å². The second-order valence-corrected chi connectivity index (χ2v) is 6.63. The van der Waals surface area contributed by atoms with Crippen LogP contribution in [-0.4, -0.2) is 37.5 Å². The molecule has 3 atom stereocenters. The summed E-state index contributed by atoms with van der Waals surface area (Å²) in [6.45, 7) is 6.28. The van der Waals surface area contributed by atoms with Gasteiger partial charge in [0.15, 0.2) is 0 Å².